The van der Waals surface area contributed by atoms with E-state index in [2.05, 4.69) is 18.7 Å². The van der Waals surface area contributed by atoms with E-state index in [0.29, 0.717) is 5.88 Å². The van der Waals surface area contributed by atoms with Crippen LogP contribution in [-0.2, 0) is 4.74 Å². The summed E-state index contributed by atoms with van der Waals surface area (Å²) in [7, 11) is 1.70. The van der Waals surface area contributed by atoms with Crippen molar-refractivity contribution in [3.63, 3.8) is 0 Å². The van der Waals surface area contributed by atoms with Crippen molar-refractivity contribution in [2.45, 2.75) is 20.0 Å². The first kappa shape index (κ1) is 11.2. The lowest BCUT2D eigenvalue weighted by Crippen LogP contribution is -2.34. The van der Waals surface area contributed by atoms with Gasteiger partial charge in [0, 0.05) is 19.5 Å². The van der Waals surface area contributed by atoms with Gasteiger partial charge in [0.15, 0.2) is 0 Å². The quantitative estimate of drug-likeness (QED) is 0.575. The Balaban J connectivity index is 3.58. The van der Waals surface area contributed by atoms with Gasteiger partial charge in [-0.25, -0.2) is 0 Å². The van der Waals surface area contributed by atoms with Gasteiger partial charge in [-0.3, -0.25) is 0 Å². The molecule has 0 saturated carbocycles. The standard InChI is InChI=1S/C8H18ClNO/c1-4-10(5-2)7-8(6-9)11-3/h8H,4-7H2,1-3H3. The highest BCUT2D eigenvalue weighted by atomic mass is 35.5. The van der Waals surface area contributed by atoms with Crippen LogP contribution in [0.5, 0.6) is 0 Å². The summed E-state index contributed by atoms with van der Waals surface area (Å²) < 4.78 is 5.16. The van der Waals surface area contributed by atoms with E-state index >= 15 is 0 Å². The molecule has 3 heteroatoms. The monoisotopic (exact) mass is 179 g/mol. The molecule has 0 aliphatic heterocycles. The highest BCUT2D eigenvalue weighted by molar-refractivity contribution is 6.18. The van der Waals surface area contributed by atoms with Crippen molar-refractivity contribution < 1.29 is 4.74 Å². The van der Waals surface area contributed by atoms with Gasteiger partial charge in [0.05, 0.1) is 6.10 Å². The molecule has 0 fully saturated rings. The van der Waals surface area contributed by atoms with Gasteiger partial charge in [-0.1, -0.05) is 13.8 Å². The zero-order valence-corrected chi connectivity index (χ0v) is 8.40. The van der Waals surface area contributed by atoms with E-state index in [1.165, 1.54) is 0 Å². The number of rotatable bonds is 6. The largest absolute Gasteiger partial charge is 0.379 e. The Morgan fingerprint density at radius 1 is 1.36 bits per heavy atom. The molecule has 0 saturated heterocycles. The molecular formula is C8H18ClNO. The van der Waals surface area contributed by atoms with Gasteiger partial charge in [-0.15, -0.1) is 11.6 Å². The Kier molecular flexibility index (Phi) is 7.02. The molecule has 0 radical (unpaired) electrons. The third-order valence-corrected chi connectivity index (χ3v) is 2.21. The predicted molar refractivity (Wildman–Crippen MR) is 49.3 cm³/mol. The van der Waals surface area contributed by atoms with E-state index in [9.17, 15) is 0 Å². The lowest BCUT2D eigenvalue weighted by atomic mass is 10.3. The average Bonchev–Trinajstić information content (AvgIpc) is 2.07. The molecule has 0 amide bonds. The Morgan fingerprint density at radius 2 is 1.91 bits per heavy atom. The van der Waals surface area contributed by atoms with E-state index in [-0.39, 0.29) is 6.10 Å². The number of hydrogen-bond donors (Lipinski definition) is 0. The fourth-order valence-corrected chi connectivity index (χ4v) is 1.18. The number of halogens is 1. The summed E-state index contributed by atoms with van der Waals surface area (Å²) in [6, 6.07) is 0. The third-order valence-electron chi connectivity index (χ3n) is 1.86. The van der Waals surface area contributed by atoms with Crippen molar-refractivity contribution >= 4 is 11.6 Å². The van der Waals surface area contributed by atoms with Gasteiger partial charge < -0.3 is 9.64 Å². The fourth-order valence-electron chi connectivity index (χ4n) is 0.956. The van der Waals surface area contributed by atoms with Crippen LogP contribution >= 0.6 is 11.6 Å². The first-order valence-electron chi connectivity index (χ1n) is 4.09. The van der Waals surface area contributed by atoms with E-state index < -0.39 is 0 Å². The first-order valence-corrected chi connectivity index (χ1v) is 4.63. The van der Waals surface area contributed by atoms with Crippen LogP contribution < -0.4 is 0 Å². The van der Waals surface area contributed by atoms with E-state index in [1.54, 1.807) is 7.11 Å². The number of hydrogen-bond acceptors (Lipinski definition) is 2. The van der Waals surface area contributed by atoms with Crippen LogP contribution in [0.15, 0.2) is 0 Å². The maximum absolute atomic E-state index is 5.67. The first-order chi connectivity index (χ1) is 5.28. The molecular weight excluding hydrogens is 162 g/mol. The van der Waals surface area contributed by atoms with Crippen LogP contribution in [0.25, 0.3) is 0 Å². The summed E-state index contributed by atoms with van der Waals surface area (Å²) >= 11 is 5.67. The summed E-state index contributed by atoms with van der Waals surface area (Å²) in [5.74, 6) is 0.576. The molecule has 1 unspecified atom stereocenters. The topological polar surface area (TPSA) is 12.5 Å². The highest BCUT2D eigenvalue weighted by Crippen LogP contribution is 1.97. The average molecular weight is 180 g/mol. The fraction of sp³-hybridized carbons (Fsp3) is 1.00. The van der Waals surface area contributed by atoms with Gasteiger partial charge in [0.25, 0.3) is 0 Å². The molecule has 0 N–H and O–H groups in total. The van der Waals surface area contributed by atoms with E-state index in [0.717, 1.165) is 19.6 Å². The highest BCUT2D eigenvalue weighted by Gasteiger charge is 2.08. The number of nitrogens with zero attached hydrogens (tertiary/aromatic N) is 1. The molecule has 0 aliphatic rings. The molecule has 11 heavy (non-hydrogen) atoms. The van der Waals surface area contributed by atoms with Gasteiger partial charge in [0.1, 0.15) is 0 Å². The van der Waals surface area contributed by atoms with Crippen LogP contribution in [0.2, 0.25) is 0 Å². The van der Waals surface area contributed by atoms with Crippen molar-refractivity contribution in [2.75, 3.05) is 32.6 Å². The number of likely N-dealkylation sites (N-methyl/N-ethyl adjacent to an activating group) is 1. The molecule has 1 atom stereocenters. The minimum atomic E-state index is 0.177. The van der Waals surface area contributed by atoms with E-state index in [1.807, 2.05) is 0 Å². The van der Waals surface area contributed by atoms with Gasteiger partial charge >= 0.3 is 0 Å². The molecule has 0 heterocycles. The van der Waals surface area contributed by atoms with Crippen LogP contribution in [0.3, 0.4) is 0 Å². The Labute approximate surface area is 74.5 Å². The number of ether oxygens (including phenoxy) is 1. The molecule has 0 aromatic carbocycles. The summed E-state index contributed by atoms with van der Waals surface area (Å²) in [6.45, 7) is 7.35. The van der Waals surface area contributed by atoms with Crippen molar-refractivity contribution in [1.82, 2.24) is 4.90 Å². The van der Waals surface area contributed by atoms with Gasteiger partial charge in [-0.05, 0) is 13.1 Å². The van der Waals surface area contributed by atoms with Crippen molar-refractivity contribution in [2.24, 2.45) is 0 Å². The second-order valence-corrected chi connectivity index (χ2v) is 2.81. The number of methoxy groups -OCH3 is 1. The smallest absolute Gasteiger partial charge is 0.0833 e. The lowest BCUT2D eigenvalue weighted by molar-refractivity contribution is 0.0831. The van der Waals surface area contributed by atoms with Crippen LogP contribution in [-0.4, -0.2) is 43.6 Å². The summed E-state index contributed by atoms with van der Waals surface area (Å²) in [6.07, 6.45) is 0.177. The third kappa shape index (κ3) is 4.62. The van der Waals surface area contributed by atoms with Gasteiger partial charge in [-0.2, -0.15) is 0 Å². The second-order valence-electron chi connectivity index (χ2n) is 2.50. The maximum Gasteiger partial charge on any atom is 0.0833 e. The summed E-state index contributed by atoms with van der Waals surface area (Å²) in [4.78, 5) is 2.30. The summed E-state index contributed by atoms with van der Waals surface area (Å²) in [5, 5.41) is 0. The Morgan fingerprint density at radius 3 is 2.18 bits per heavy atom. The lowest BCUT2D eigenvalue weighted by Gasteiger charge is -2.22. The zero-order chi connectivity index (χ0) is 8.69. The molecule has 68 valence electrons. The molecule has 2 nitrogen and oxygen atoms in total. The molecule has 0 bridgehead atoms. The molecule has 0 spiro atoms. The molecule has 0 aromatic heterocycles. The zero-order valence-electron chi connectivity index (χ0n) is 7.64. The van der Waals surface area contributed by atoms with Crippen molar-refractivity contribution in [3.8, 4) is 0 Å². The minimum absolute atomic E-state index is 0.177. The SMILES string of the molecule is CCN(CC)CC(CCl)OC. The van der Waals surface area contributed by atoms with Crippen LogP contribution in [0.1, 0.15) is 13.8 Å². The predicted octanol–water partition coefficient (Wildman–Crippen LogP) is 1.58. The van der Waals surface area contributed by atoms with Crippen LogP contribution in [0, 0.1) is 0 Å². The maximum atomic E-state index is 5.67. The molecule has 0 rings (SSSR count). The second kappa shape index (κ2) is 6.89. The van der Waals surface area contributed by atoms with E-state index in [4.69, 9.17) is 16.3 Å². The number of alkyl halides is 1. The molecule has 0 aromatic rings. The van der Waals surface area contributed by atoms with Crippen LogP contribution in [0.4, 0.5) is 0 Å². The molecule has 0 aliphatic carbocycles. The normalized spacial score (nSPS) is 13.9. The Bertz CT molecular complexity index is 72.2. The van der Waals surface area contributed by atoms with Crippen molar-refractivity contribution in [1.29, 1.82) is 0 Å². The van der Waals surface area contributed by atoms with Gasteiger partial charge in [0.2, 0.25) is 0 Å². The summed E-state index contributed by atoms with van der Waals surface area (Å²) in [5.41, 5.74) is 0. The Hall–Kier alpha value is 0.210. The minimum Gasteiger partial charge on any atom is -0.379 e. The van der Waals surface area contributed by atoms with Crippen molar-refractivity contribution in [3.05, 3.63) is 0 Å².